The van der Waals surface area contributed by atoms with Gasteiger partial charge in [-0.3, -0.25) is 4.79 Å². The molecule has 31 heavy (non-hydrogen) atoms. The number of furan rings is 1. The van der Waals surface area contributed by atoms with Gasteiger partial charge >= 0.3 is 5.97 Å². The summed E-state index contributed by atoms with van der Waals surface area (Å²) in [6.07, 6.45) is 7.85. The largest absolute Gasteiger partial charge is 0.460 e. The van der Waals surface area contributed by atoms with Gasteiger partial charge in [-0.05, 0) is 57.1 Å². The fourth-order valence-corrected chi connectivity index (χ4v) is 5.98. The van der Waals surface area contributed by atoms with Crippen molar-refractivity contribution < 1.29 is 27.2 Å². The second-order valence-electron chi connectivity index (χ2n) is 8.47. The first-order valence-corrected chi connectivity index (χ1v) is 12.9. The van der Waals surface area contributed by atoms with Crippen LogP contribution >= 0.6 is 0 Å². The molecular weight excluding hydrogens is 420 g/mol. The summed E-state index contributed by atoms with van der Waals surface area (Å²) in [6, 6.07) is 2.84. The summed E-state index contributed by atoms with van der Waals surface area (Å²) in [4.78, 5) is 24.5. The maximum atomic E-state index is 12.9. The summed E-state index contributed by atoms with van der Waals surface area (Å²) in [5.41, 5.74) is 0. The van der Waals surface area contributed by atoms with Crippen molar-refractivity contribution in [3.05, 3.63) is 17.9 Å². The van der Waals surface area contributed by atoms with Gasteiger partial charge in [0.05, 0.1) is 6.61 Å². The number of amides is 1. The monoisotopic (exact) mass is 454 g/mol. The SMILES string of the molecule is CCCCC1CCCC1NC(=O)C1CCN(S(=O)(=O)c2ccc(C(=O)OCC)o2)CC1. The van der Waals surface area contributed by atoms with Crippen molar-refractivity contribution in [1.82, 2.24) is 9.62 Å². The predicted octanol–water partition coefficient (Wildman–Crippen LogP) is 3.33. The molecule has 1 aromatic rings. The number of rotatable bonds is 9. The molecule has 9 heteroatoms. The molecule has 8 nitrogen and oxygen atoms in total. The number of ether oxygens (including phenoxy) is 1. The lowest BCUT2D eigenvalue weighted by Crippen LogP contribution is -2.46. The van der Waals surface area contributed by atoms with Gasteiger partial charge in [0.2, 0.25) is 16.8 Å². The van der Waals surface area contributed by atoms with Gasteiger partial charge in [-0.25, -0.2) is 13.2 Å². The van der Waals surface area contributed by atoms with Crippen LogP contribution in [0, 0.1) is 11.8 Å². The Kier molecular flexibility index (Phi) is 8.16. The van der Waals surface area contributed by atoms with E-state index in [9.17, 15) is 18.0 Å². The standard InChI is InChI=1S/C22H34N2O6S/c1-3-5-7-16-8-6-9-18(16)23-21(25)17-12-14-24(15-13-17)31(27,28)20-11-10-19(30-20)22(26)29-4-2/h10-11,16-18H,3-9,12-15H2,1-2H3,(H,23,25). The van der Waals surface area contributed by atoms with Crippen molar-refractivity contribution in [3.8, 4) is 0 Å². The molecule has 2 heterocycles. The van der Waals surface area contributed by atoms with Crippen LogP contribution in [0.5, 0.6) is 0 Å². The van der Waals surface area contributed by atoms with E-state index in [1.54, 1.807) is 6.92 Å². The van der Waals surface area contributed by atoms with Crippen LogP contribution in [0.1, 0.15) is 75.8 Å². The molecule has 2 atom stereocenters. The number of nitrogens with one attached hydrogen (secondary N) is 1. The van der Waals surface area contributed by atoms with Crippen LogP contribution < -0.4 is 5.32 Å². The van der Waals surface area contributed by atoms with Crippen molar-refractivity contribution in [2.75, 3.05) is 19.7 Å². The number of esters is 1. The fourth-order valence-electron chi connectivity index (χ4n) is 4.60. The van der Waals surface area contributed by atoms with Gasteiger partial charge in [-0.15, -0.1) is 0 Å². The Hall–Kier alpha value is -1.87. The number of hydrogen-bond donors (Lipinski definition) is 1. The number of carbonyl (C=O) groups is 2. The van der Waals surface area contributed by atoms with E-state index in [0.717, 1.165) is 19.3 Å². The van der Waals surface area contributed by atoms with Crippen LogP contribution in [0.3, 0.4) is 0 Å². The van der Waals surface area contributed by atoms with Crippen LogP contribution in [0.25, 0.3) is 0 Å². The molecule has 1 saturated carbocycles. The summed E-state index contributed by atoms with van der Waals surface area (Å²) < 4.78 is 37.1. The molecule has 0 aromatic carbocycles. The molecule has 1 amide bonds. The fraction of sp³-hybridized carbons (Fsp3) is 0.727. The first-order chi connectivity index (χ1) is 14.9. The zero-order valence-corrected chi connectivity index (χ0v) is 19.3. The molecule has 2 fully saturated rings. The highest BCUT2D eigenvalue weighted by Gasteiger charge is 2.36. The zero-order valence-electron chi connectivity index (χ0n) is 18.5. The van der Waals surface area contributed by atoms with E-state index in [4.69, 9.17) is 9.15 Å². The average molecular weight is 455 g/mol. The van der Waals surface area contributed by atoms with Gasteiger partial charge in [0.25, 0.3) is 10.0 Å². The van der Waals surface area contributed by atoms with Crippen LogP contribution in [0.2, 0.25) is 0 Å². The molecule has 2 aliphatic rings. The Morgan fingerprint density at radius 1 is 1.16 bits per heavy atom. The zero-order chi connectivity index (χ0) is 22.4. The predicted molar refractivity (Wildman–Crippen MR) is 115 cm³/mol. The molecule has 2 unspecified atom stereocenters. The van der Waals surface area contributed by atoms with E-state index in [-0.39, 0.29) is 48.4 Å². The van der Waals surface area contributed by atoms with Gasteiger partial charge in [-0.1, -0.05) is 26.2 Å². The maximum absolute atomic E-state index is 12.9. The summed E-state index contributed by atoms with van der Waals surface area (Å²) in [7, 11) is -3.85. The average Bonchev–Trinajstić information content (AvgIpc) is 3.43. The summed E-state index contributed by atoms with van der Waals surface area (Å²) in [6.45, 7) is 4.53. The lowest BCUT2D eigenvalue weighted by atomic mass is 9.94. The number of hydrogen-bond acceptors (Lipinski definition) is 6. The minimum absolute atomic E-state index is 0.0491. The smallest absolute Gasteiger partial charge is 0.374 e. The third kappa shape index (κ3) is 5.68. The minimum Gasteiger partial charge on any atom is -0.460 e. The maximum Gasteiger partial charge on any atom is 0.374 e. The third-order valence-corrected chi connectivity index (χ3v) is 8.16. The molecule has 1 saturated heterocycles. The molecule has 1 N–H and O–H groups in total. The highest BCUT2D eigenvalue weighted by molar-refractivity contribution is 7.89. The normalized spacial score (nSPS) is 23.0. The quantitative estimate of drug-likeness (QED) is 0.574. The van der Waals surface area contributed by atoms with Crippen molar-refractivity contribution in [1.29, 1.82) is 0 Å². The summed E-state index contributed by atoms with van der Waals surface area (Å²) in [5, 5.41) is 2.97. The van der Waals surface area contributed by atoms with E-state index >= 15 is 0 Å². The highest BCUT2D eigenvalue weighted by Crippen LogP contribution is 2.31. The Labute approximate surface area is 184 Å². The molecule has 0 radical (unpaired) electrons. The lowest BCUT2D eigenvalue weighted by molar-refractivity contribution is -0.127. The molecule has 1 aromatic heterocycles. The van der Waals surface area contributed by atoms with Gasteiger partial charge < -0.3 is 14.5 Å². The van der Waals surface area contributed by atoms with E-state index in [2.05, 4.69) is 12.2 Å². The number of carbonyl (C=O) groups excluding carboxylic acids is 2. The van der Waals surface area contributed by atoms with Gasteiger partial charge in [0.15, 0.2) is 0 Å². The molecular formula is C22H34N2O6S. The van der Waals surface area contributed by atoms with Crippen molar-refractivity contribution in [2.45, 2.75) is 76.3 Å². The second kappa shape index (κ2) is 10.6. The molecule has 1 aliphatic heterocycles. The van der Waals surface area contributed by atoms with E-state index in [0.29, 0.717) is 18.8 Å². The van der Waals surface area contributed by atoms with Gasteiger partial charge in [0, 0.05) is 25.0 Å². The molecule has 0 bridgehead atoms. The van der Waals surface area contributed by atoms with Crippen LogP contribution in [-0.2, 0) is 19.6 Å². The Bertz CT molecular complexity index is 857. The third-order valence-electron chi connectivity index (χ3n) is 6.39. The van der Waals surface area contributed by atoms with Gasteiger partial charge in [-0.2, -0.15) is 4.31 Å². The van der Waals surface area contributed by atoms with E-state index in [1.807, 2.05) is 0 Å². The number of nitrogens with zero attached hydrogens (tertiary/aromatic N) is 1. The van der Waals surface area contributed by atoms with Crippen LogP contribution in [0.15, 0.2) is 21.6 Å². The van der Waals surface area contributed by atoms with Crippen molar-refractivity contribution in [3.63, 3.8) is 0 Å². The molecule has 174 valence electrons. The van der Waals surface area contributed by atoms with Gasteiger partial charge in [0.1, 0.15) is 0 Å². The Morgan fingerprint density at radius 3 is 2.58 bits per heavy atom. The van der Waals surface area contributed by atoms with Crippen molar-refractivity contribution >= 4 is 21.9 Å². The first-order valence-electron chi connectivity index (χ1n) is 11.4. The topological polar surface area (TPSA) is 106 Å². The van der Waals surface area contributed by atoms with Crippen LogP contribution in [-0.4, -0.2) is 50.3 Å². The molecule has 0 spiro atoms. The Balaban J connectivity index is 1.54. The molecule has 3 rings (SSSR count). The minimum atomic E-state index is -3.85. The Morgan fingerprint density at radius 2 is 1.90 bits per heavy atom. The second-order valence-corrected chi connectivity index (χ2v) is 10.3. The van der Waals surface area contributed by atoms with Crippen LogP contribution in [0.4, 0.5) is 0 Å². The number of sulfonamides is 1. The summed E-state index contributed by atoms with van der Waals surface area (Å²) >= 11 is 0. The number of unbranched alkanes of at least 4 members (excludes halogenated alkanes) is 1. The van der Waals surface area contributed by atoms with E-state index < -0.39 is 16.0 Å². The summed E-state index contributed by atoms with van der Waals surface area (Å²) in [5.74, 6) is -0.386. The van der Waals surface area contributed by atoms with E-state index in [1.165, 1.54) is 35.7 Å². The first kappa shape index (κ1) is 23.8. The molecule has 1 aliphatic carbocycles. The number of piperidine rings is 1. The lowest BCUT2D eigenvalue weighted by Gasteiger charge is -2.31. The van der Waals surface area contributed by atoms with Crippen molar-refractivity contribution in [2.24, 2.45) is 11.8 Å². The highest BCUT2D eigenvalue weighted by atomic mass is 32.2.